The van der Waals surface area contributed by atoms with Crippen LogP contribution < -0.4 is 10.6 Å². The Bertz CT molecular complexity index is 491. The number of carbonyl (C=O) groups is 3. The van der Waals surface area contributed by atoms with E-state index in [2.05, 4.69) is 20.4 Å². The standard InChI is InChI=1S/C12H17N3O5S/c1-3-7(10-13-4-5-21-10)14-12(19)15-8(11(17)18)6-9(16)20-2/h4-5,7-8H,3,6H2,1-2H3,(H,17,18)(H2,14,15,19)/t7?,8-/m0/s1. The van der Waals surface area contributed by atoms with Crippen LogP contribution in [-0.2, 0) is 14.3 Å². The minimum Gasteiger partial charge on any atom is -0.480 e. The van der Waals surface area contributed by atoms with Gasteiger partial charge in [0, 0.05) is 11.6 Å². The van der Waals surface area contributed by atoms with E-state index in [0.29, 0.717) is 6.42 Å². The quantitative estimate of drug-likeness (QED) is 0.644. The molecular weight excluding hydrogens is 298 g/mol. The van der Waals surface area contributed by atoms with Crippen LogP contribution in [0.25, 0.3) is 0 Å². The highest BCUT2D eigenvalue weighted by molar-refractivity contribution is 7.09. The summed E-state index contributed by atoms with van der Waals surface area (Å²) in [6.07, 6.45) is 1.79. The van der Waals surface area contributed by atoms with Crippen molar-refractivity contribution in [3.63, 3.8) is 0 Å². The lowest BCUT2D eigenvalue weighted by molar-refractivity contribution is -0.147. The Morgan fingerprint density at radius 2 is 2.14 bits per heavy atom. The highest BCUT2D eigenvalue weighted by atomic mass is 32.1. The highest BCUT2D eigenvalue weighted by Gasteiger charge is 2.25. The maximum Gasteiger partial charge on any atom is 0.326 e. The molecule has 0 aromatic carbocycles. The molecule has 2 atom stereocenters. The summed E-state index contributed by atoms with van der Waals surface area (Å²) in [6, 6.07) is -2.32. The van der Waals surface area contributed by atoms with Crippen molar-refractivity contribution in [1.29, 1.82) is 0 Å². The SMILES string of the molecule is CCC(NC(=O)N[C@@H](CC(=O)OC)C(=O)O)c1nccs1. The van der Waals surface area contributed by atoms with Crippen LogP contribution in [-0.4, -0.2) is 41.2 Å². The Hall–Kier alpha value is -2.16. The average molecular weight is 315 g/mol. The fraction of sp³-hybridized carbons (Fsp3) is 0.500. The molecule has 1 aromatic heterocycles. The van der Waals surface area contributed by atoms with Gasteiger partial charge in [-0.1, -0.05) is 6.92 Å². The number of hydrogen-bond donors (Lipinski definition) is 3. The topological polar surface area (TPSA) is 118 Å². The lowest BCUT2D eigenvalue weighted by atomic mass is 10.2. The molecule has 0 aliphatic carbocycles. The molecule has 8 nitrogen and oxygen atoms in total. The molecule has 1 heterocycles. The second-order valence-corrected chi connectivity index (χ2v) is 5.05. The molecule has 0 saturated carbocycles. The van der Waals surface area contributed by atoms with Crippen molar-refractivity contribution < 1.29 is 24.2 Å². The fourth-order valence-electron chi connectivity index (χ4n) is 1.55. The van der Waals surface area contributed by atoms with Crippen molar-refractivity contribution in [2.45, 2.75) is 31.8 Å². The first-order chi connectivity index (χ1) is 9.97. The van der Waals surface area contributed by atoms with Gasteiger partial charge in [0.2, 0.25) is 0 Å². The zero-order valence-corrected chi connectivity index (χ0v) is 12.5. The second kappa shape index (κ2) is 8.20. The molecule has 21 heavy (non-hydrogen) atoms. The van der Waals surface area contributed by atoms with Crippen LogP contribution in [0.2, 0.25) is 0 Å². The Kier molecular flexibility index (Phi) is 6.60. The van der Waals surface area contributed by atoms with E-state index in [1.807, 2.05) is 6.92 Å². The van der Waals surface area contributed by atoms with Crippen LogP contribution >= 0.6 is 11.3 Å². The Morgan fingerprint density at radius 1 is 1.43 bits per heavy atom. The van der Waals surface area contributed by atoms with Crippen molar-refractivity contribution in [3.05, 3.63) is 16.6 Å². The lowest BCUT2D eigenvalue weighted by Crippen LogP contribution is -2.47. The molecule has 1 aromatic rings. The fourth-order valence-corrected chi connectivity index (χ4v) is 2.33. The first-order valence-corrected chi connectivity index (χ1v) is 7.11. The van der Waals surface area contributed by atoms with Gasteiger partial charge in [0.05, 0.1) is 19.6 Å². The van der Waals surface area contributed by atoms with E-state index in [1.54, 1.807) is 11.6 Å². The molecule has 0 radical (unpaired) electrons. The number of carbonyl (C=O) groups excluding carboxylic acids is 2. The number of methoxy groups -OCH3 is 1. The van der Waals surface area contributed by atoms with Gasteiger partial charge in [-0.3, -0.25) is 4.79 Å². The van der Waals surface area contributed by atoms with Crippen molar-refractivity contribution in [1.82, 2.24) is 15.6 Å². The first-order valence-electron chi connectivity index (χ1n) is 6.24. The molecular formula is C12H17N3O5S. The van der Waals surface area contributed by atoms with Gasteiger partial charge >= 0.3 is 18.0 Å². The largest absolute Gasteiger partial charge is 0.480 e. The maximum absolute atomic E-state index is 11.8. The third-order valence-corrected chi connectivity index (χ3v) is 3.55. The highest BCUT2D eigenvalue weighted by Crippen LogP contribution is 2.18. The Balaban J connectivity index is 2.60. The normalized spacial score (nSPS) is 13.0. The minimum absolute atomic E-state index is 0.308. The van der Waals surface area contributed by atoms with Gasteiger partial charge in [0.25, 0.3) is 0 Å². The number of carboxylic acid groups (broad SMARTS) is 1. The van der Waals surface area contributed by atoms with Crippen LogP contribution in [0.4, 0.5) is 4.79 Å². The molecule has 116 valence electrons. The number of thiazole rings is 1. The number of nitrogens with one attached hydrogen (secondary N) is 2. The molecule has 0 spiro atoms. The summed E-state index contributed by atoms with van der Waals surface area (Å²) in [4.78, 5) is 38.1. The Labute approximate surface area is 125 Å². The first kappa shape index (κ1) is 16.9. The summed E-state index contributed by atoms with van der Waals surface area (Å²) in [5, 5.41) is 16.4. The van der Waals surface area contributed by atoms with E-state index >= 15 is 0 Å². The molecule has 0 fully saturated rings. The van der Waals surface area contributed by atoms with Gasteiger partial charge in [0.1, 0.15) is 11.0 Å². The van der Waals surface area contributed by atoms with E-state index in [-0.39, 0.29) is 6.04 Å². The van der Waals surface area contributed by atoms with E-state index in [4.69, 9.17) is 5.11 Å². The second-order valence-electron chi connectivity index (χ2n) is 4.12. The van der Waals surface area contributed by atoms with E-state index in [0.717, 1.165) is 12.1 Å². The predicted octanol–water partition coefficient (Wildman–Crippen LogP) is 0.910. The molecule has 1 unspecified atom stereocenters. The summed E-state index contributed by atoms with van der Waals surface area (Å²) in [6.45, 7) is 1.87. The summed E-state index contributed by atoms with van der Waals surface area (Å²) in [5.74, 6) is -2.02. The predicted molar refractivity (Wildman–Crippen MR) is 74.9 cm³/mol. The number of hydrogen-bond acceptors (Lipinski definition) is 6. The molecule has 0 aliphatic heterocycles. The van der Waals surface area contributed by atoms with E-state index < -0.39 is 30.4 Å². The van der Waals surface area contributed by atoms with Gasteiger partial charge in [0.15, 0.2) is 0 Å². The van der Waals surface area contributed by atoms with Gasteiger partial charge in [-0.15, -0.1) is 11.3 Å². The van der Waals surface area contributed by atoms with Crippen LogP contribution in [0, 0.1) is 0 Å². The zero-order valence-electron chi connectivity index (χ0n) is 11.7. The summed E-state index contributed by atoms with van der Waals surface area (Å²) < 4.78 is 4.39. The van der Waals surface area contributed by atoms with E-state index in [9.17, 15) is 14.4 Å². The number of nitrogens with zero attached hydrogens (tertiary/aromatic N) is 1. The molecule has 2 amide bonds. The van der Waals surface area contributed by atoms with Gasteiger partial charge in [-0.25, -0.2) is 14.6 Å². The summed E-state index contributed by atoms with van der Waals surface area (Å²) in [5.41, 5.74) is 0. The molecule has 1 rings (SSSR count). The number of rotatable bonds is 7. The summed E-state index contributed by atoms with van der Waals surface area (Å²) in [7, 11) is 1.15. The molecule has 3 N–H and O–H groups in total. The number of urea groups is 1. The summed E-state index contributed by atoms with van der Waals surface area (Å²) >= 11 is 1.39. The molecule has 0 aliphatic rings. The van der Waals surface area contributed by atoms with Gasteiger partial charge < -0.3 is 20.5 Å². The maximum atomic E-state index is 11.8. The van der Waals surface area contributed by atoms with Crippen molar-refractivity contribution >= 4 is 29.3 Å². The number of aliphatic carboxylic acids is 1. The molecule has 0 bridgehead atoms. The van der Waals surface area contributed by atoms with Crippen molar-refractivity contribution in [2.75, 3.05) is 7.11 Å². The lowest BCUT2D eigenvalue weighted by Gasteiger charge is -2.18. The average Bonchev–Trinajstić information content (AvgIpc) is 2.97. The van der Waals surface area contributed by atoms with Gasteiger partial charge in [-0.2, -0.15) is 0 Å². The van der Waals surface area contributed by atoms with Gasteiger partial charge in [-0.05, 0) is 6.42 Å². The third-order valence-electron chi connectivity index (χ3n) is 2.66. The zero-order chi connectivity index (χ0) is 15.8. The van der Waals surface area contributed by atoms with Crippen molar-refractivity contribution in [3.8, 4) is 0 Å². The number of ether oxygens (including phenoxy) is 1. The van der Waals surface area contributed by atoms with Crippen LogP contribution in [0.15, 0.2) is 11.6 Å². The number of aromatic nitrogens is 1. The minimum atomic E-state index is -1.34. The van der Waals surface area contributed by atoms with E-state index in [1.165, 1.54) is 11.3 Å². The third kappa shape index (κ3) is 5.38. The van der Waals surface area contributed by atoms with Crippen LogP contribution in [0.5, 0.6) is 0 Å². The number of amides is 2. The smallest absolute Gasteiger partial charge is 0.326 e. The molecule has 9 heteroatoms. The monoisotopic (exact) mass is 315 g/mol. The number of carboxylic acids is 1. The van der Waals surface area contributed by atoms with Crippen molar-refractivity contribution in [2.24, 2.45) is 0 Å². The number of esters is 1. The Morgan fingerprint density at radius 3 is 2.62 bits per heavy atom. The van der Waals surface area contributed by atoms with Crippen LogP contribution in [0.3, 0.4) is 0 Å². The van der Waals surface area contributed by atoms with Crippen LogP contribution in [0.1, 0.15) is 30.8 Å². The molecule has 0 saturated heterocycles.